The fourth-order valence-corrected chi connectivity index (χ4v) is 1.67. The molecule has 0 atom stereocenters. The second kappa shape index (κ2) is 4.30. The van der Waals surface area contributed by atoms with Crippen LogP contribution < -0.4 is 0 Å². The summed E-state index contributed by atoms with van der Waals surface area (Å²) in [6, 6.07) is 7.63. The number of aromatic nitrogens is 1. The first-order valence-corrected chi connectivity index (χ1v) is 5.69. The number of halogens is 1. The fourth-order valence-electron chi connectivity index (χ4n) is 1.54. The molecule has 0 aliphatic carbocycles. The summed E-state index contributed by atoms with van der Waals surface area (Å²) in [5.74, 6) is 1.94. The predicted molar refractivity (Wildman–Crippen MR) is 65.8 cm³/mol. The highest BCUT2D eigenvalue weighted by Gasteiger charge is 2.13. The van der Waals surface area contributed by atoms with Crippen LogP contribution >= 0.6 is 11.6 Å². The Bertz CT molecular complexity index is 485. The van der Waals surface area contributed by atoms with E-state index < -0.39 is 0 Å². The zero-order valence-corrected chi connectivity index (χ0v) is 10.4. The number of aryl methyl sites for hydroxylation is 1. The molecule has 84 valence electrons. The van der Waals surface area contributed by atoms with E-state index in [1.54, 1.807) is 0 Å². The summed E-state index contributed by atoms with van der Waals surface area (Å²) in [5.41, 5.74) is 1.94. The van der Waals surface area contributed by atoms with Gasteiger partial charge >= 0.3 is 0 Å². The van der Waals surface area contributed by atoms with Gasteiger partial charge in [-0.2, -0.15) is 0 Å². The third-order valence-electron chi connectivity index (χ3n) is 2.42. The number of benzene rings is 1. The smallest absolute Gasteiger partial charge is 0.197 e. The summed E-state index contributed by atoms with van der Waals surface area (Å²) in [5, 5.41) is 0.731. The summed E-state index contributed by atoms with van der Waals surface area (Å²) in [6.07, 6.45) is 0. The Morgan fingerprint density at radius 3 is 2.31 bits per heavy atom. The molecule has 0 aliphatic rings. The van der Waals surface area contributed by atoms with E-state index in [1.165, 1.54) is 0 Å². The van der Waals surface area contributed by atoms with E-state index in [0.29, 0.717) is 5.92 Å². The Morgan fingerprint density at radius 1 is 1.19 bits per heavy atom. The van der Waals surface area contributed by atoms with Crippen molar-refractivity contribution < 1.29 is 4.42 Å². The van der Waals surface area contributed by atoms with E-state index in [-0.39, 0.29) is 0 Å². The van der Waals surface area contributed by atoms with Gasteiger partial charge in [0.1, 0.15) is 11.5 Å². The molecule has 1 aromatic heterocycles. The first-order valence-electron chi connectivity index (χ1n) is 5.31. The number of hydrogen-bond acceptors (Lipinski definition) is 2. The van der Waals surface area contributed by atoms with Crippen molar-refractivity contribution in [2.75, 3.05) is 0 Å². The van der Waals surface area contributed by atoms with Gasteiger partial charge in [0.15, 0.2) is 5.89 Å². The minimum Gasteiger partial charge on any atom is -0.445 e. The minimum absolute atomic E-state index is 0.305. The monoisotopic (exact) mass is 235 g/mol. The molecule has 2 rings (SSSR count). The third-order valence-corrected chi connectivity index (χ3v) is 2.68. The van der Waals surface area contributed by atoms with Crippen LogP contribution in [0.4, 0.5) is 0 Å². The molecule has 2 nitrogen and oxygen atoms in total. The molecule has 1 heterocycles. The van der Waals surface area contributed by atoms with Crippen LogP contribution in [0, 0.1) is 6.92 Å². The Kier molecular flexibility index (Phi) is 3.01. The van der Waals surface area contributed by atoms with Crippen molar-refractivity contribution in [3.05, 3.63) is 40.9 Å². The van der Waals surface area contributed by atoms with Crippen molar-refractivity contribution in [3.8, 4) is 11.3 Å². The van der Waals surface area contributed by atoms with Crippen LogP contribution in [0.1, 0.15) is 31.4 Å². The highest BCUT2D eigenvalue weighted by molar-refractivity contribution is 6.30. The molecule has 3 heteroatoms. The van der Waals surface area contributed by atoms with Gasteiger partial charge < -0.3 is 4.42 Å². The van der Waals surface area contributed by atoms with Crippen LogP contribution in [0.15, 0.2) is 28.7 Å². The molecule has 0 saturated carbocycles. The van der Waals surface area contributed by atoms with Crippen molar-refractivity contribution in [1.82, 2.24) is 4.98 Å². The van der Waals surface area contributed by atoms with Gasteiger partial charge in [0.05, 0.1) is 0 Å². The summed E-state index contributed by atoms with van der Waals surface area (Å²) in [6.45, 7) is 6.07. The molecule has 0 N–H and O–H groups in total. The number of nitrogens with zero attached hydrogens (tertiary/aromatic N) is 1. The summed E-state index contributed by atoms with van der Waals surface area (Å²) in [4.78, 5) is 4.50. The molecular formula is C13H14ClNO. The maximum Gasteiger partial charge on any atom is 0.197 e. The van der Waals surface area contributed by atoms with Crippen LogP contribution in [0.25, 0.3) is 11.3 Å². The van der Waals surface area contributed by atoms with Crippen LogP contribution in [0.2, 0.25) is 5.02 Å². The molecule has 16 heavy (non-hydrogen) atoms. The summed E-state index contributed by atoms with van der Waals surface area (Å²) in [7, 11) is 0. The Morgan fingerprint density at radius 2 is 1.81 bits per heavy atom. The first kappa shape index (κ1) is 11.2. The average Bonchev–Trinajstić information content (AvgIpc) is 2.62. The molecule has 0 amide bonds. The molecule has 2 aromatic rings. The van der Waals surface area contributed by atoms with E-state index in [1.807, 2.05) is 31.2 Å². The maximum atomic E-state index is 5.85. The van der Waals surface area contributed by atoms with Gasteiger partial charge in [-0.15, -0.1) is 0 Å². The van der Waals surface area contributed by atoms with Gasteiger partial charge in [0, 0.05) is 16.5 Å². The fraction of sp³-hybridized carbons (Fsp3) is 0.308. The molecule has 0 radical (unpaired) electrons. The second-order valence-corrected chi connectivity index (χ2v) is 4.55. The molecule has 0 unspecified atom stereocenters. The van der Waals surface area contributed by atoms with E-state index in [2.05, 4.69) is 18.8 Å². The van der Waals surface area contributed by atoms with Gasteiger partial charge in [-0.05, 0) is 19.1 Å². The molecule has 0 spiro atoms. The maximum absolute atomic E-state index is 5.85. The summed E-state index contributed by atoms with van der Waals surface area (Å²) < 4.78 is 5.62. The minimum atomic E-state index is 0.305. The quantitative estimate of drug-likeness (QED) is 0.770. The van der Waals surface area contributed by atoms with Gasteiger partial charge in [0.2, 0.25) is 0 Å². The Hall–Kier alpha value is -1.28. The highest BCUT2D eigenvalue weighted by atomic mass is 35.5. The molecule has 0 saturated heterocycles. The van der Waals surface area contributed by atoms with Crippen LogP contribution in [0.3, 0.4) is 0 Å². The van der Waals surface area contributed by atoms with Gasteiger partial charge in [-0.25, -0.2) is 4.98 Å². The lowest BCUT2D eigenvalue weighted by atomic mass is 10.1. The van der Waals surface area contributed by atoms with E-state index >= 15 is 0 Å². The molecular weight excluding hydrogens is 222 g/mol. The standard InChI is InChI=1S/C13H14ClNO/c1-8(2)13-15-12(9(3)16-13)10-4-6-11(14)7-5-10/h4-8H,1-3H3. The van der Waals surface area contributed by atoms with E-state index in [4.69, 9.17) is 16.0 Å². The zero-order chi connectivity index (χ0) is 11.7. The number of rotatable bonds is 2. The number of hydrogen-bond donors (Lipinski definition) is 0. The number of oxazole rings is 1. The van der Waals surface area contributed by atoms with Crippen molar-refractivity contribution >= 4 is 11.6 Å². The van der Waals surface area contributed by atoms with Crippen LogP contribution in [0.5, 0.6) is 0 Å². The lowest BCUT2D eigenvalue weighted by Crippen LogP contribution is -1.86. The molecule has 0 aliphatic heterocycles. The summed E-state index contributed by atoms with van der Waals surface area (Å²) >= 11 is 5.85. The van der Waals surface area contributed by atoms with Gasteiger partial charge in [-0.3, -0.25) is 0 Å². The lowest BCUT2D eigenvalue weighted by Gasteiger charge is -1.97. The van der Waals surface area contributed by atoms with E-state index in [9.17, 15) is 0 Å². The van der Waals surface area contributed by atoms with Crippen LogP contribution in [-0.2, 0) is 0 Å². The van der Waals surface area contributed by atoms with Crippen LogP contribution in [-0.4, -0.2) is 4.98 Å². The van der Waals surface area contributed by atoms with Crippen molar-refractivity contribution in [3.63, 3.8) is 0 Å². The molecule has 0 fully saturated rings. The molecule has 1 aromatic carbocycles. The topological polar surface area (TPSA) is 26.0 Å². The largest absolute Gasteiger partial charge is 0.445 e. The van der Waals surface area contributed by atoms with Gasteiger partial charge in [-0.1, -0.05) is 37.6 Å². The second-order valence-electron chi connectivity index (χ2n) is 4.12. The SMILES string of the molecule is Cc1oc(C(C)C)nc1-c1ccc(Cl)cc1. The van der Waals surface area contributed by atoms with Crippen molar-refractivity contribution in [2.45, 2.75) is 26.7 Å². The van der Waals surface area contributed by atoms with E-state index in [0.717, 1.165) is 27.9 Å². The lowest BCUT2D eigenvalue weighted by molar-refractivity contribution is 0.450. The highest BCUT2D eigenvalue weighted by Crippen LogP contribution is 2.27. The van der Waals surface area contributed by atoms with Crippen molar-refractivity contribution in [2.24, 2.45) is 0 Å². The first-order chi connectivity index (χ1) is 7.58. The third kappa shape index (κ3) is 2.12. The van der Waals surface area contributed by atoms with Gasteiger partial charge in [0.25, 0.3) is 0 Å². The Labute approximate surface area is 100 Å². The predicted octanol–water partition coefficient (Wildman–Crippen LogP) is 4.43. The molecule has 0 bridgehead atoms. The zero-order valence-electron chi connectivity index (χ0n) is 9.62. The van der Waals surface area contributed by atoms with Crippen molar-refractivity contribution in [1.29, 1.82) is 0 Å². The Balaban J connectivity index is 2.44. The normalized spacial score (nSPS) is 11.1. The average molecular weight is 236 g/mol.